The molecule has 2 rings (SSSR count). The Kier molecular flexibility index (Phi) is 3.18. The average Bonchev–Trinajstić information content (AvgIpc) is 2.84. The summed E-state index contributed by atoms with van der Waals surface area (Å²) >= 11 is 4.94. The Morgan fingerprint density at radius 2 is 2.47 bits per heavy atom. The van der Waals surface area contributed by atoms with Gasteiger partial charge in [0.15, 0.2) is 0 Å². The maximum absolute atomic E-state index is 5.79. The monoisotopic (exact) mass is 287 g/mol. The molecule has 0 bridgehead atoms. The molecule has 0 amide bonds. The van der Waals surface area contributed by atoms with E-state index in [2.05, 4.69) is 26.1 Å². The van der Waals surface area contributed by atoms with E-state index < -0.39 is 0 Å². The summed E-state index contributed by atoms with van der Waals surface area (Å²) in [6, 6.07) is 1.78. The lowest BCUT2D eigenvalue weighted by atomic mass is 10.2. The molecule has 0 unspecified atom stereocenters. The fraction of sp³-hybridized carbons (Fsp3) is 0.333. The van der Waals surface area contributed by atoms with E-state index in [1.807, 2.05) is 18.4 Å². The van der Waals surface area contributed by atoms with Crippen LogP contribution < -0.4 is 5.73 Å². The Morgan fingerprint density at radius 3 is 3.07 bits per heavy atom. The fourth-order valence-corrected chi connectivity index (χ4v) is 2.44. The second kappa shape index (κ2) is 4.42. The second-order valence-corrected chi connectivity index (χ2v) is 4.93. The van der Waals surface area contributed by atoms with Crippen molar-refractivity contribution >= 4 is 27.3 Å². The van der Waals surface area contributed by atoms with E-state index in [-0.39, 0.29) is 6.04 Å². The second-order valence-electron chi connectivity index (χ2n) is 3.10. The van der Waals surface area contributed by atoms with Gasteiger partial charge in [-0.25, -0.2) is 0 Å². The standard InChI is InChI=1S/C9H10BrN3OS/c1-2-6(11)9-12-8(13-14-9)7-3-5(10)4-15-7/h3-4,6H,2,11H2,1H3/t6-/m1/s1. The molecule has 1 atom stereocenters. The van der Waals surface area contributed by atoms with Gasteiger partial charge in [-0.3, -0.25) is 0 Å². The summed E-state index contributed by atoms with van der Waals surface area (Å²) in [5.74, 6) is 1.10. The number of halogens is 1. The van der Waals surface area contributed by atoms with Gasteiger partial charge in [0.2, 0.25) is 11.7 Å². The Morgan fingerprint density at radius 1 is 1.67 bits per heavy atom. The minimum absolute atomic E-state index is 0.172. The molecule has 6 heteroatoms. The lowest BCUT2D eigenvalue weighted by Gasteiger charge is -1.98. The van der Waals surface area contributed by atoms with Crippen molar-refractivity contribution in [3.8, 4) is 10.7 Å². The molecule has 2 aromatic heterocycles. The van der Waals surface area contributed by atoms with Crippen LogP contribution >= 0.6 is 27.3 Å². The van der Waals surface area contributed by atoms with Crippen LogP contribution in [0, 0.1) is 0 Å². The topological polar surface area (TPSA) is 64.9 Å². The molecule has 0 saturated heterocycles. The molecule has 2 aromatic rings. The van der Waals surface area contributed by atoms with Gasteiger partial charge in [0, 0.05) is 9.85 Å². The number of nitrogens with zero attached hydrogens (tertiary/aromatic N) is 2. The van der Waals surface area contributed by atoms with E-state index in [9.17, 15) is 0 Å². The first-order valence-corrected chi connectivity index (χ1v) is 6.21. The molecule has 2 heterocycles. The summed E-state index contributed by atoms with van der Waals surface area (Å²) in [5.41, 5.74) is 5.79. The summed E-state index contributed by atoms with van der Waals surface area (Å²) in [6.45, 7) is 1.98. The highest BCUT2D eigenvalue weighted by Gasteiger charge is 2.14. The molecule has 0 aliphatic carbocycles. The Hall–Kier alpha value is -0.720. The molecule has 0 aliphatic heterocycles. The number of thiophene rings is 1. The molecule has 15 heavy (non-hydrogen) atoms. The first kappa shape index (κ1) is 10.8. The summed E-state index contributed by atoms with van der Waals surface area (Å²) in [4.78, 5) is 5.22. The van der Waals surface area contributed by atoms with Crippen LogP contribution in [-0.2, 0) is 0 Å². The highest BCUT2D eigenvalue weighted by molar-refractivity contribution is 9.10. The Balaban J connectivity index is 2.27. The third kappa shape index (κ3) is 2.27. The van der Waals surface area contributed by atoms with Gasteiger partial charge >= 0.3 is 0 Å². The van der Waals surface area contributed by atoms with Gasteiger partial charge in [-0.15, -0.1) is 11.3 Å². The molecule has 0 spiro atoms. The predicted molar refractivity (Wildman–Crippen MR) is 62.5 cm³/mol. The van der Waals surface area contributed by atoms with Crippen molar-refractivity contribution in [3.63, 3.8) is 0 Å². The van der Waals surface area contributed by atoms with Crippen molar-refractivity contribution in [2.24, 2.45) is 5.73 Å². The summed E-state index contributed by atoms with van der Waals surface area (Å²) in [5, 5.41) is 5.87. The van der Waals surface area contributed by atoms with Crippen molar-refractivity contribution in [1.82, 2.24) is 10.1 Å². The van der Waals surface area contributed by atoms with Crippen LogP contribution in [0.25, 0.3) is 10.7 Å². The highest BCUT2D eigenvalue weighted by Crippen LogP contribution is 2.28. The quantitative estimate of drug-likeness (QED) is 0.943. The minimum atomic E-state index is -0.172. The zero-order valence-corrected chi connectivity index (χ0v) is 10.5. The number of hydrogen-bond acceptors (Lipinski definition) is 5. The van der Waals surface area contributed by atoms with Crippen LogP contribution in [0.1, 0.15) is 25.3 Å². The summed E-state index contributed by atoms with van der Waals surface area (Å²) in [6.07, 6.45) is 0.787. The van der Waals surface area contributed by atoms with E-state index in [1.54, 1.807) is 11.3 Å². The Bertz CT molecular complexity index is 454. The van der Waals surface area contributed by atoms with Gasteiger partial charge < -0.3 is 10.3 Å². The van der Waals surface area contributed by atoms with Crippen molar-refractivity contribution in [2.45, 2.75) is 19.4 Å². The third-order valence-electron chi connectivity index (χ3n) is 1.99. The molecular weight excluding hydrogens is 278 g/mol. The number of rotatable bonds is 3. The molecule has 80 valence electrons. The molecular formula is C9H10BrN3OS. The number of aromatic nitrogens is 2. The zero-order valence-electron chi connectivity index (χ0n) is 8.11. The van der Waals surface area contributed by atoms with E-state index >= 15 is 0 Å². The van der Waals surface area contributed by atoms with E-state index in [1.165, 1.54) is 0 Å². The molecule has 4 nitrogen and oxygen atoms in total. The predicted octanol–water partition coefficient (Wildman–Crippen LogP) is 2.97. The third-order valence-corrected chi connectivity index (χ3v) is 3.67. The van der Waals surface area contributed by atoms with Gasteiger partial charge in [0.25, 0.3) is 0 Å². The first-order chi connectivity index (χ1) is 7.20. The van der Waals surface area contributed by atoms with Crippen LogP contribution in [0.2, 0.25) is 0 Å². The SMILES string of the molecule is CC[C@@H](N)c1nc(-c2cc(Br)cs2)no1. The number of hydrogen-bond donors (Lipinski definition) is 1. The Labute approximate surface area is 99.6 Å². The average molecular weight is 288 g/mol. The van der Waals surface area contributed by atoms with Gasteiger partial charge in [-0.2, -0.15) is 4.98 Å². The van der Waals surface area contributed by atoms with Crippen LogP contribution in [-0.4, -0.2) is 10.1 Å². The van der Waals surface area contributed by atoms with Gasteiger partial charge in [0.1, 0.15) is 0 Å². The maximum atomic E-state index is 5.79. The maximum Gasteiger partial charge on any atom is 0.243 e. The van der Waals surface area contributed by atoms with Crippen LogP contribution in [0.3, 0.4) is 0 Å². The molecule has 0 radical (unpaired) electrons. The van der Waals surface area contributed by atoms with E-state index in [0.717, 1.165) is 15.8 Å². The van der Waals surface area contributed by atoms with Gasteiger partial charge in [0.05, 0.1) is 10.9 Å². The van der Waals surface area contributed by atoms with Crippen molar-refractivity contribution in [2.75, 3.05) is 0 Å². The normalized spacial score (nSPS) is 13.0. The molecule has 0 fully saturated rings. The molecule has 0 aromatic carbocycles. The zero-order chi connectivity index (χ0) is 10.8. The minimum Gasteiger partial charge on any atom is -0.337 e. The van der Waals surface area contributed by atoms with Crippen LogP contribution in [0.5, 0.6) is 0 Å². The molecule has 0 saturated carbocycles. The van der Waals surface area contributed by atoms with Crippen molar-refractivity contribution < 1.29 is 4.52 Å². The molecule has 2 N–H and O–H groups in total. The van der Waals surface area contributed by atoms with Crippen molar-refractivity contribution in [3.05, 3.63) is 21.8 Å². The van der Waals surface area contributed by atoms with E-state index in [0.29, 0.717) is 11.7 Å². The van der Waals surface area contributed by atoms with E-state index in [4.69, 9.17) is 10.3 Å². The lowest BCUT2D eigenvalue weighted by molar-refractivity contribution is 0.352. The van der Waals surface area contributed by atoms with Crippen LogP contribution in [0.15, 0.2) is 20.4 Å². The smallest absolute Gasteiger partial charge is 0.243 e. The van der Waals surface area contributed by atoms with Gasteiger partial charge in [-0.05, 0) is 28.4 Å². The van der Waals surface area contributed by atoms with Gasteiger partial charge in [-0.1, -0.05) is 12.1 Å². The fourth-order valence-electron chi connectivity index (χ4n) is 1.09. The summed E-state index contributed by atoms with van der Waals surface area (Å²) < 4.78 is 6.11. The molecule has 0 aliphatic rings. The summed E-state index contributed by atoms with van der Waals surface area (Å²) in [7, 11) is 0. The highest BCUT2D eigenvalue weighted by atomic mass is 79.9. The van der Waals surface area contributed by atoms with Crippen LogP contribution in [0.4, 0.5) is 0 Å². The number of nitrogens with two attached hydrogens (primary N) is 1. The lowest BCUT2D eigenvalue weighted by Crippen LogP contribution is -2.08. The first-order valence-electron chi connectivity index (χ1n) is 4.54. The largest absolute Gasteiger partial charge is 0.337 e. The van der Waals surface area contributed by atoms with Crippen molar-refractivity contribution in [1.29, 1.82) is 0 Å².